The molecular weight excluding hydrogens is 633 g/mol. The van der Waals surface area contributed by atoms with E-state index in [0.29, 0.717) is 49.1 Å². The van der Waals surface area contributed by atoms with Gasteiger partial charge in [-0.05, 0) is 61.1 Å². The van der Waals surface area contributed by atoms with Crippen LogP contribution in [0.25, 0.3) is 0 Å². The molecule has 2 aliphatic rings. The summed E-state index contributed by atoms with van der Waals surface area (Å²) in [7, 11) is 0. The standard InChI is InChI=1S/C42H54O6S/c1-6-38(31(5)43)49-41-40(46-27-34-20-14-9-15-21-34)39(45-26-33-18-12-8-13-19-33)37(28-44-25-32-16-10-7-11-17-32)48-42(41)47-36-24-30(4)22-23-35(36)29(2)3/h6-21,29-30,35-37,39-42H,22-28H2,1-5H3/b38-6+/t30-,35+,36-,37-,39+,40+,41-,42-/m1/s1. The molecule has 1 saturated heterocycles. The number of thioether (sulfide) groups is 1. The summed E-state index contributed by atoms with van der Waals surface area (Å²) in [5.74, 6) is 1.47. The van der Waals surface area contributed by atoms with Crippen LogP contribution >= 0.6 is 11.8 Å². The lowest BCUT2D eigenvalue weighted by Gasteiger charge is -2.48. The summed E-state index contributed by atoms with van der Waals surface area (Å²) in [6, 6.07) is 30.5. The molecule has 0 spiro atoms. The minimum absolute atomic E-state index is 0.00877. The molecular formula is C42H54O6S. The van der Waals surface area contributed by atoms with Crippen molar-refractivity contribution in [2.45, 2.75) is 110 Å². The highest BCUT2D eigenvalue weighted by Crippen LogP contribution is 2.42. The third-order valence-electron chi connectivity index (χ3n) is 9.70. The van der Waals surface area contributed by atoms with Crippen LogP contribution in [0.5, 0.6) is 0 Å². The largest absolute Gasteiger partial charge is 0.374 e. The number of ether oxygens (including phenoxy) is 5. The summed E-state index contributed by atoms with van der Waals surface area (Å²) < 4.78 is 34.2. The second-order valence-corrected chi connectivity index (χ2v) is 15.1. The van der Waals surface area contributed by atoms with Crippen molar-refractivity contribution in [3.63, 3.8) is 0 Å². The van der Waals surface area contributed by atoms with Gasteiger partial charge in [-0.25, -0.2) is 0 Å². The van der Waals surface area contributed by atoms with Gasteiger partial charge < -0.3 is 23.7 Å². The fourth-order valence-electron chi connectivity index (χ4n) is 6.98. The Morgan fingerprint density at radius 1 is 0.837 bits per heavy atom. The Morgan fingerprint density at radius 2 is 1.39 bits per heavy atom. The molecule has 1 saturated carbocycles. The third kappa shape index (κ3) is 10.9. The van der Waals surface area contributed by atoms with Gasteiger partial charge in [-0.3, -0.25) is 4.79 Å². The number of allylic oxidation sites excluding steroid dienone is 2. The molecule has 0 amide bonds. The lowest BCUT2D eigenvalue weighted by atomic mass is 9.75. The van der Waals surface area contributed by atoms with Gasteiger partial charge in [0.05, 0.1) is 37.8 Å². The zero-order valence-corrected chi connectivity index (χ0v) is 30.6. The number of hydrogen-bond acceptors (Lipinski definition) is 7. The zero-order valence-electron chi connectivity index (χ0n) is 29.7. The Kier molecular flexibility index (Phi) is 14.5. The van der Waals surface area contributed by atoms with Gasteiger partial charge in [0.15, 0.2) is 12.1 Å². The van der Waals surface area contributed by atoms with Crippen LogP contribution in [-0.2, 0) is 48.3 Å². The van der Waals surface area contributed by atoms with Gasteiger partial charge >= 0.3 is 0 Å². The van der Waals surface area contributed by atoms with E-state index in [0.717, 1.165) is 29.5 Å². The molecule has 5 rings (SSSR count). The van der Waals surface area contributed by atoms with Gasteiger partial charge in [-0.15, -0.1) is 11.8 Å². The summed E-state index contributed by atoms with van der Waals surface area (Å²) in [6.45, 7) is 11.9. The number of carbonyl (C=O) groups excluding carboxylic acids is 1. The van der Waals surface area contributed by atoms with Gasteiger partial charge in [0.25, 0.3) is 0 Å². The molecule has 1 aliphatic carbocycles. The molecule has 7 heteroatoms. The molecule has 0 unspecified atom stereocenters. The van der Waals surface area contributed by atoms with Crippen LogP contribution in [0.2, 0.25) is 0 Å². The third-order valence-corrected chi connectivity index (χ3v) is 11.2. The van der Waals surface area contributed by atoms with E-state index in [4.69, 9.17) is 23.7 Å². The zero-order chi connectivity index (χ0) is 34.6. The molecule has 8 atom stereocenters. The molecule has 6 nitrogen and oxygen atoms in total. The molecule has 0 radical (unpaired) electrons. The fourth-order valence-corrected chi connectivity index (χ4v) is 8.19. The van der Waals surface area contributed by atoms with Crippen LogP contribution in [-0.4, -0.2) is 48.3 Å². The lowest BCUT2D eigenvalue weighted by Crippen LogP contribution is -2.61. The van der Waals surface area contributed by atoms with E-state index in [2.05, 4.69) is 57.2 Å². The second kappa shape index (κ2) is 19.0. The maximum atomic E-state index is 12.9. The van der Waals surface area contributed by atoms with Crippen molar-refractivity contribution in [1.29, 1.82) is 0 Å². The van der Waals surface area contributed by atoms with Gasteiger partial charge in [0, 0.05) is 4.91 Å². The van der Waals surface area contributed by atoms with Gasteiger partial charge in [-0.2, -0.15) is 0 Å². The Hall–Kier alpha value is -2.78. The molecule has 264 valence electrons. The molecule has 49 heavy (non-hydrogen) atoms. The van der Waals surface area contributed by atoms with Crippen molar-refractivity contribution in [1.82, 2.24) is 0 Å². The van der Waals surface area contributed by atoms with Crippen LogP contribution in [0.15, 0.2) is 102 Å². The highest BCUT2D eigenvalue weighted by atomic mass is 32.2. The summed E-state index contributed by atoms with van der Waals surface area (Å²) in [6.07, 6.45) is 3.15. The molecule has 3 aromatic carbocycles. The fraction of sp³-hybridized carbons (Fsp3) is 0.500. The Bertz CT molecular complexity index is 1430. The second-order valence-electron chi connectivity index (χ2n) is 13.9. The van der Waals surface area contributed by atoms with Crippen molar-refractivity contribution in [2.75, 3.05) is 6.61 Å². The van der Waals surface area contributed by atoms with Crippen LogP contribution in [0, 0.1) is 17.8 Å². The van der Waals surface area contributed by atoms with Crippen molar-refractivity contribution >= 4 is 17.5 Å². The first-order valence-electron chi connectivity index (χ1n) is 17.9. The predicted octanol–water partition coefficient (Wildman–Crippen LogP) is 9.17. The van der Waals surface area contributed by atoms with E-state index in [9.17, 15) is 4.79 Å². The summed E-state index contributed by atoms with van der Waals surface area (Å²) >= 11 is 1.49. The average Bonchev–Trinajstić information content (AvgIpc) is 3.11. The van der Waals surface area contributed by atoms with Crippen LogP contribution in [0.4, 0.5) is 0 Å². The lowest BCUT2D eigenvalue weighted by molar-refractivity contribution is -0.291. The SMILES string of the molecule is C/C=C(/S[C@H]1[C@H](O[C@@H]2C[C@H](C)CC[C@H]2C(C)C)O[C@H](COCc2ccccc2)[C@H](OCc2ccccc2)[C@@H]1OCc1ccccc1)C(C)=O. The minimum atomic E-state index is -0.640. The summed E-state index contributed by atoms with van der Waals surface area (Å²) in [4.78, 5) is 13.5. The molecule has 1 aliphatic heterocycles. The van der Waals surface area contributed by atoms with E-state index in [1.807, 2.05) is 67.6 Å². The number of Topliss-reactive ketones (excluding diaryl/α,β-unsaturated/α-hetero) is 1. The number of ketones is 1. The van der Waals surface area contributed by atoms with E-state index in [1.54, 1.807) is 6.92 Å². The minimum Gasteiger partial charge on any atom is -0.374 e. The summed E-state index contributed by atoms with van der Waals surface area (Å²) in [5.41, 5.74) is 3.21. The quantitative estimate of drug-likeness (QED) is 0.139. The number of benzene rings is 3. The smallest absolute Gasteiger partial charge is 0.173 e. The number of carbonyl (C=O) groups is 1. The van der Waals surface area contributed by atoms with Crippen LogP contribution < -0.4 is 0 Å². The highest BCUT2D eigenvalue weighted by Gasteiger charge is 2.50. The van der Waals surface area contributed by atoms with Crippen molar-refractivity contribution < 1.29 is 28.5 Å². The normalized spacial score (nSPS) is 27.7. The van der Waals surface area contributed by atoms with E-state index in [-0.39, 0.29) is 17.1 Å². The van der Waals surface area contributed by atoms with Crippen molar-refractivity contribution in [2.24, 2.45) is 17.8 Å². The topological polar surface area (TPSA) is 63.2 Å². The summed E-state index contributed by atoms with van der Waals surface area (Å²) in [5, 5.41) is -0.366. The molecule has 3 aromatic rings. The van der Waals surface area contributed by atoms with Crippen LogP contribution in [0.3, 0.4) is 0 Å². The van der Waals surface area contributed by atoms with Gasteiger partial charge in [0.1, 0.15) is 18.3 Å². The number of hydrogen-bond donors (Lipinski definition) is 0. The first-order chi connectivity index (χ1) is 23.8. The first kappa shape index (κ1) is 37.5. The van der Waals surface area contributed by atoms with Gasteiger partial charge in [-0.1, -0.05) is 124 Å². The average molecular weight is 687 g/mol. The van der Waals surface area contributed by atoms with Gasteiger partial charge in [0.2, 0.25) is 0 Å². The maximum absolute atomic E-state index is 12.9. The molecule has 2 fully saturated rings. The predicted molar refractivity (Wildman–Crippen MR) is 197 cm³/mol. The molecule has 0 N–H and O–H groups in total. The monoisotopic (exact) mass is 686 g/mol. The number of rotatable bonds is 16. The van der Waals surface area contributed by atoms with Crippen molar-refractivity contribution in [3.05, 3.63) is 119 Å². The van der Waals surface area contributed by atoms with E-state index >= 15 is 0 Å². The van der Waals surface area contributed by atoms with E-state index in [1.165, 1.54) is 18.2 Å². The van der Waals surface area contributed by atoms with Crippen molar-refractivity contribution in [3.8, 4) is 0 Å². The Balaban J connectivity index is 1.51. The van der Waals surface area contributed by atoms with E-state index < -0.39 is 24.6 Å². The maximum Gasteiger partial charge on any atom is 0.173 e. The Labute approximate surface area is 297 Å². The molecule has 0 bridgehead atoms. The molecule has 1 heterocycles. The first-order valence-corrected chi connectivity index (χ1v) is 18.8. The highest BCUT2D eigenvalue weighted by molar-refractivity contribution is 8.04. The van der Waals surface area contributed by atoms with Crippen LogP contribution in [0.1, 0.15) is 70.6 Å². The molecule has 0 aromatic heterocycles. The Morgan fingerprint density at radius 3 is 1.92 bits per heavy atom.